The van der Waals surface area contributed by atoms with Crippen LogP contribution in [0.15, 0.2) is 53.4 Å². The van der Waals surface area contributed by atoms with Crippen LogP contribution in [0.3, 0.4) is 0 Å². The minimum absolute atomic E-state index is 0.0634. The highest BCUT2D eigenvalue weighted by Gasteiger charge is 2.11. The molecule has 3 aromatic rings. The lowest BCUT2D eigenvalue weighted by molar-refractivity contribution is -0.118. The fraction of sp³-hybridized carbons (Fsp3) is 0.200. The van der Waals surface area contributed by atoms with E-state index in [2.05, 4.69) is 10.3 Å². The predicted octanol–water partition coefficient (Wildman–Crippen LogP) is 4.36. The van der Waals surface area contributed by atoms with E-state index >= 15 is 0 Å². The maximum Gasteiger partial charge on any atom is 0.262 e. The molecular weight excluding hydrogens is 348 g/mol. The predicted molar refractivity (Wildman–Crippen MR) is 103 cm³/mol. The van der Waals surface area contributed by atoms with Crippen LogP contribution in [0.4, 0.5) is 5.69 Å². The van der Waals surface area contributed by atoms with Crippen LogP contribution in [-0.2, 0) is 11.4 Å². The number of hydrogen-bond donors (Lipinski definition) is 1. The van der Waals surface area contributed by atoms with Gasteiger partial charge in [-0.15, -0.1) is 11.3 Å². The molecule has 1 N–H and O–H groups in total. The molecule has 1 aromatic heterocycles. The van der Waals surface area contributed by atoms with Gasteiger partial charge in [0.1, 0.15) is 18.1 Å². The molecule has 26 heavy (non-hydrogen) atoms. The maximum atomic E-state index is 12.3. The molecule has 0 aliphatic carbocycles. The smallest absolute Gasteiger partial charge is 0.262 e. The number of thiazole rings is 1. The van der Waals surface area contributed by atoms with Gasteiger partial charge in [0.15, 0.2) is 6.61 Å². The molecule has 3 rings (SSSR count). The number of hydrogen-bond acceptors (Lipinski definition) is 5. The van der Waals surface area contributed by atoms with Crippen molar-refractivity contribution >= 4 is 22.9 Å². The van der Waals surface area contributed by atoms with Crippen LogP contribution in [0.25, 0.3) is 0 Å². The number of nitrogens with one attached hydrogen (secondary N) is 1. The Kier molecular flexibility index (Phi) is 5.86. The van der Waals surface area contributed by atoms with Crippen molar-refractivity contribution in [2.24, 2.45) is 0 Å². The third-order valence-corrected chi connectivity index (χ3v) is 4.41. The van der Waals surface area contributed by atoms with Crippen LogP contribution in [-0.4, -0.2) is 17.5 Å². The van der Waals surface area contributed by atoms with Crippen LogP contribution >= 0.6 is 11.3 Å². The Morgan fingerprint density at radius 3 is 2.58 bits per heavy atom. The van der Waals surface area contributed by atoms with Gasteiger partial charge in [0.2, 0.25) is 0 Å². The van der Waals surface area contributed by atoms with Gasteiger partial charge in [-0.25, -0.2) is 4.98 Å². The first-order valence-electron chi connectivity index (χ1n) is 8.21. The molecule has 0 unspecified atom stereocenters. The van der Waals surface area contributed by atoms with Crippen LogP contribution in [0.1, 0.15) is 16.8 Å². The molecular formula is C20H20N2O3S. The fourth-order valence-corrected chi connectivity index (χ4v) is 3.05. The molecule has 0 aliphatic heterocycles. The number of aryl methyl sites for hydroxylation is 2. The number of rotatable bonds is 7. The topological polar surface area (TPSA) is 60.5 Å². The van der Waals surface area contributed by atoms with E-state index in [-0.39, 0.29) is 12.5 Å². The molecule has 0 spiro atoms. The van der Waals surface area contributed by atoms with Crippen molar-refractivity contribution in [3.05, 3.63) is 70.2 Å². The molecule has 0 saturated heterocycles. The van der Waals surface area contributed by atoms with E-state index in [0.29, 0.717) is 18.0 Å². The molecule has 2 aromatic carbocycles. The molecule has 0 radical (unpaired) electrons. The standard InChI is InChI=1S/C20H20N2O3S/c1-14-6-5-7-15(2)20(14)25-11-19(23)22-17-8-3-4-9-18(17)24-10-16-12-26-13-21-16/h3-9,12-13H,10-11H2,1-2H3,(H,22,23). The number of anilines is 1. The lowest BCUT2D eigenvalue weighted by Gasteiger charge is -2.14. The normalized spacial score (nSPS) is 10.4. The van der Waals surface area contributed by atoms with Crippen LogP contribution in [0, 0.1) is 13.8 Å². The summed E-state index contributed by atoms with van der Waals surface area (Å²) in [5.74, 6) is 1.11. The summed E-state index contributed by atoms with van der Waals surface area (Å²) in [7, 11) is 0. The van der Waals surface area contributed by atoms with E-state index in [1.165, 1.54) is 11.3 Å². The number of carbonyl (C=O) groups excluding carboxylic acids is 1. The Hall–Kier alpha value is -2.86. The molecule has 0 saturated carbocycles. The SMILES string of the molecule is Cc1cccc(C)c1OCC(=O)Nc1ccccc1OCc1cscn1. The molecule has 0 bridgehead atoms. The van der Waals surface area contributed by atoms with Gasteiger partial charge in [0.25, 0.3) is 5.91 Å². The van der Waals surface area contributed by atoms with Gasteiger partial charge in [0, 0.05) is 5.38 Å². The molecule has 6 heteroatoms. The summed E-state index contributed by atoms with van der Waals surface area (Å²) in [6, 6.07) is 13.2. The average Bonchev–Trinajstić information content (AvgIpc) is 3.14. The quantitative estimate of drug-likeness (QED) is 0.673. The van der Waals surface area contributed by atoms with Gasteiger partial charge in [-0.2, -0.15) is 0 Å². The van der Waals surface area contributed by atoms with Crippen molar-refractivity contribution < 1.29 is 14.3 Å². The van der Waals surface area contributed by atoms with Crippen LogP contribution < -0.4 is 14.8 Å². The van der Waals surface area contributed by atoms with Crippen molar-refractivity contribution in [2.45, 2.75) is 20.5 Å². The third-order valence-electron chi connectivity index (χ3n) is 3.78. The van der Waals surface area contributed by atoms with Crippen molar-refractivity contribution in [3.8, 4) is 11.5 Å². The first kappa shape index (κ1) is 17.9. The van der Waals surface area contributed by atoms with E-state index in [0.717, 1.165) is 22.6 Å². The average molecular weight is 368 g/mol. The Bertz CT molecular complexity index is 858. The molecule has 0 aliphatic rings. The van der Waals surface area contributed by atoms with Crippen LogP contribution in [0.2, 0.25) is 0 Å². The number of ether oxygens (including phenoxy) is 2. The van der Waals surface area contributed by atoms with Crippen molar-refractivity contribution in [3.63, 3.8) is 0 Å². The summed E-state index contributed by atoms with van der Waals surface area (Å²) in [6.45, 7) is 4.21. The van der Waals surface area contributed by atoms with E-state index in [1.54, 1.807) is 11.6 Å². The zero-order chi connectivity index (χ0) is 18.4. The molecule has 1 amide bonds. The van der Waals surface area contributed by atoms with Gasteiger partial charge >= 0.3 is 0 Å². The monoisotopic (exact) mass is 368 g/mol. The second-order valence-corrected chi connectivity index (χ2v) is 6.54. The summed E-state index contributed by atoms with van der Waals surface area (Å²) in [5.41, 5.74) is 5.24. The van der Waals surface area contributed by atoms with Crippen molar-refractivity contribution in [2.75, 3.05) is 11.9 Å². The zero-order valence-corrected chi connectivity index (χ0v) is 15.5. The molecule has 0 fully saturated rings. The minimum atomic E-state index is -0.239. The Labute approximate surface area is 156 Å². The summed E-state index contributed by atoms with van der Waals surface area (Å²) in [4.78, 5) is 16.5. The molecule has 0 atom stereocenters. The summed E-state index contributed by atoms with van der Waals surface area (Å²) >= 11 is 1.52. The summed E-state index contributed by atoms with van der Waals surface area (Å²) < 4.78 is 11.5. The minimum Gasteiger partial charge on any atom is -0.485 e. The fourth-order valence-electron chi connectivity index (χ4n) is 2.51. The van der Waals surface area contributed by atoms with Crippen molar-refractivity contribution in [1.82, 2.24) is 4.98 Å². The van der Waals surface area contributed by atoms with E-state index in [4.69, 9.17) is 9.47 Å². The molecule has 134 valence electrons. The zero-order valence-electron chi connectivity index (χ0n) is 14.7. The number of para-hydroxylation sites is 3. The lowest BCUT2D eigenvalue weighted by Crippen LogP contribution is -2.21. The first-order chi connectivity index (χ1) is 12.6. The molecule has 5 nitrogen and oxygen atoms in total. The van der Waals surface area contributed by atoms with Gasteiger partial charge in [-0.3, -0.25) is 4.79 Å². The third kappa shape index (κ3) is 4.61. The Morgan fingerprint density at radius 2 is 1.85 bits per heavy atom. The summed E-state index contributed by atoms with van der Waals surface area (Å²) in [5, 5.41) is 4.77. The first-order valence-corrected chi connectivity index (χ1v) is 9.15. The van der Waals surface area contributed by atoms with Gasteiger partial charge < -0.3 is 14.8 Å². The van der Waals surface area contributed by atoms with E-state index < -0.39 is 0 Å². The Morgan fingerprint density at radius 1 is 1.08 bits per heavy atom. The van der Waals surface area contributed by atoms with Crippen LogP contribution in [0.5, 0.6) is 11.5 Å². The number of benzene rings is 2. The highest BCUT2D eigenvalue weighted by atomic mass is 32.1. The largest absolute Gasteiger partial charge is 0.485 e. The van der Waals surface area contributed by atoms with Gasteiger partial charge in [0.05, 0.1) is 16.9 Å². The number of amides is 1. The number of nitrogens with zero attached hydrogens (tertiary/aromatic N) is 1. The number of aromatic nitrogens is 1. The Balaban J connectivity index is 1.60. The van der Waals surface area contributed by atoms with E-state index in [1.807, 2.05) is 55.6 Å². The maximum absolute atomic E-state index is 12.3. The second-order valence-electron chi connectivity index (χ2n) is 5.82. The van der Waals surface area contributed by atoms with Gasteiger partial charge in [-0.05, 0) is 37.1 Å². The second kappa shape index (κ2) is 8.49. The number of carbonyl (C=O) groups is 1. The van der Waals surface area contributed by atoms with Gasteiger partial charge in [-0.1, -0.05) is 30.3 Å². The van der Waals surface area contributed by atoms with Crippen molar-refractivity contribution in [1.29, 1.82) is 0 Å². The highest BCUT2D eigenvalue weighted by molar-refractivity contribution is 7.07. The summed E-state index contributed by atoms with van der Waals surface area (Å²) in [6.07, 6.45) is 0. The van der Waals surface area contributed by atoms with E-state index in [9.17, 15) is 4.79 Å². The lowest BCUT2D eigenvalue weighted by atomic mass is 10.1. The highest BCUT2D eigenvalue weighted by Crippen LogP contribution is 2.25. The molecule has 1 heterocycles.